The Kier molecular flexibility index (Phi) is 6.09. The fourth-order valence-corrected chi connectivity index (χ4v) is 2.21. The summed E-state index contributed by atoms with van der Waals surface area (Å²) in [6.07, 6.45) is 6.92. The van der Waals surface area contributed by atoms with Crippen molar-refractivity contribution < 1.29 is 19.0 Å². The Balaban J connectivity index is 1.97. The molecule has 0 saturated heterocycles. The summed E-state index contributed by atoms with van der Waals surface area (Å²) in [5.41, 5.74) is 1.00. The number of aromatic nitrogens is 1. The largest absolute Gasteiger partial charge is 0.478 e. The van der Waals surface area contributed by atoms with Crippen LogP contribution in [0.3, 0.4) is 0 Å². The topological polar surface area (TPSA) is 59.4 Å². The van der Waals surface area contributed by atoms with Crippen molar-refractivity contribution >= 4 is 5.97 Å². The first-order valence-corrected chi connectivity index (χ1v) is 7.75. The van der Waals surface area contributed by atoms with Crippen LogP contribution in [-0.2, 0) is 6.42 Å². The van der Waals surface area contributed by atoms with Crippen molar-refractivity contribution in [2.75, 3.05) is 0 Å². The SMILES string of the molecule is CCCCCCc1ccc(Oc2ncc(C(=O)O)cc2F)cc1. The number of unbranched alkanes of at least 4 members (excludes halogenated alkanes) is 3. The summed E-state index contributed by atoms with van der Waals surface area (Å²) in [5, 5.41) is 8.78. The van der Waals surface area contributed by atoms with Gasteiger partial charge < -0.3 is 9.84 Å². The second kappa shape index (κ2) is 8.27. The molecule has 1 heterocycles. The van der Waals surface area contributed by atoms with E-state index in [9.17, 15) is 9.18 Å². The van der Waals surface area contributed by atoms with Gasteiger partial charge in [-0.25, -0.2) is 14.2 Å². The smallest absolute Gasteiger partial charge is 0.337 e. The van der Waals surface area contributed by atoms with Gasteiger partial charge >= 0.3 is 5.97 Å². The van der Waals surface area contributed by atoms with Crippen LogP contribution in [0.15, 0.2) is 36.5 Å². The summed E-state index contributed by atoms with van der Waals surface area (Å²) in [4.78, 5) is 14.4. The summed E-state index contributed by atoms with van der Waals surface area (Å²) < 4.78 is 19.1. The quantitative estimate of drug-likeness (QED) is 0.708. The van der Waals surface area contributed by atoms with E-state index < -0.39 is 11.8 Å². The fraction of sp³-hybridized carbons (Fsp3) is 0.333. The Morgan fingerprint density at radius 2 is 1.96 bits per heavy atom. The summed E-state index contributed by atoms with van der Waals surface area (Å²) in [6.45, 7) is 2.18. The molecule has 2 aromatic rings. The van der Waals surface area contributed by atoms with E-state index in [0.29, 0.717) is 5.75 Å². The van der Waals surface area contributed by atoms with Crippen LogP contribution in [0.25, 0.3) is 0 Å². The minimum absolute atomic E-state index is 0.211. The standard InChI is InChI=1S/C18H20FNO3/c1-2-3-4-5-6-13-7-9-15(10-8-13)23-17-16(19)11-14(12-20-17)18(21)22/h7-12H,2-6H2,1H3,(H,21,22). The first-order valence-electron chi connectivity index (χ1n) is 7.75. The molecule has 2 rings (SSSR count). The van der Waals surface area contributed by atoms with Crippen LogP contribution >= 0.6 is 0 Å². The van der Waals surface area contributed by atoms with Crippen molar-refractivity contribution in [3.8, 4) is 11.6 Å². The highest BCUT2D eigenvalue weighted by molar-refractivity contribution is 5.87. The van der Waals surface area contributed by atoms with E-state index in [-0.39, 0.29) is 11.4 Å². The Morgan fingerprint density at radius 1 is 1.22 bits per heavy atom. The Hall–Kier alpha value is -2.43. The second-order valence-corrected chi connectivity index (χ2v) is 5.37. The number of pyridine rings is 1. The van der Waals surface area contributed by atoms with E-state index in [0.717, 1.165) is 25.1 Å². The Labute approximate surface area is 134 Å². The van der Waals surface area contributed by atoms with E-state index >= 15 is 0 Å². The van der Waals surface area contributed by atoms with Crippen LogP contribution in [0.2, 0.25) is 0 Å². The van der Waals surface area contributed by atoms with Crippen LogP contribution in [0.4, 0.5) is 4.39 Å². The number of carbonyl (C=O) groups is 1. The third-order valence-electron chi connectivity index (χ3n) is 3.51. The first-order chi connectivity index (χ1) is 11.1. The number of carboxylic acids is 1. The lowest BCUT2D eigenvalue weighted by Gasteiger charge is -2.07. The van der Waals surface area contributed by atoms with E-state index in [1.165, 1.54) is 24.8 Å². The lowest BCUT2D eigenvalue weighted by atomic mass is 10.1. The zero-order valence-electron chi connectivity index (χ0n) is 13.1. The molecule has 1 aromatic heterocycles. The summed E-state index contributed by atoms with van der Waals surface area (Å²) in [5.74, 6) is -1.79. The van der Waals surface area contributed by atoms with E-state index in [4.69, 9.17) is 9.84 Å². The average Bonchev–Trinajstić information content (AvgIpc) is 2.55. The summed E-state index contributed by atoms with van der Waals surface area (Å²) >= 11 is 0. The Morgan fingerprint density at radius 3 is 2.57 bits per heavy atom. The van der Waals surface area contributed by atoms with Crippen molar-refractivity contribution in [1.82, 2.24) is 4.98 Å². The molecule has 4 nitrogen and oxygen atoms in total. The summed E-state index contributed by atoms with van der Waals surface area (Å²) in [7, 11) is 0. The summed E-state index contributed by atoms with van der Waals surface area (Å²) in [6, 6.07) is 8.32. The highest BCUT2D eigenvalue weighted by Gasteiger charge is 2.11. The number of hydrogen-bond donors (Lipinski definition) is 1. The fourth-order valence-electron chi connectivity index (χ4n) is 2.21. The van der Waals surface area contributed by atoms with Crippen LogP contribution < -0.4 is 4.74 Å². The second-order valence-electron chi connectivity index (χ2n) is 5.37. The third-order valence-corrected chi connectivity index (χ3v) is 3.51. The van der Waals surface area contributed by atoms with Crippen molar-refractivity contribution in [2.45, 2.75) is 39.0 Å². The lowest BCUT2D eigenvalue weighted by molar-refractivity contribution is 0.0695. The van der Waals surface area contributed by atoms with Gasteiger partial charge in [0.2, 0.25) is 0 Å². The molecule has 1 N–H and O–H groups in total. The molecular weight excluding hydrogens is 297 g/mol. The molecule has 1 aromatic carbocycles. The number of nitrogens with zero attached hydrogens (tertiary/aromatic N) is 1. The molecule has 0 fully saturated rings. The molecule has 122 valence electrons. The number of rotatable bonds is 8. The maximum atomic E-state index is 13.8. The number of halogens is 1. The maximum absolute atomic E-state index is 13.8. The molecule has 0 amide bonds. The monoisotopic (exact) mass is 317 g/mol. The van der Waals surface area contributed by atoms with Crippen molar-refractivity contribution in [1.29, 1.82) is 0 Å². The third kappa shape index (κ3) is 5.06. The minimum Gasteiger partial charge on any atom is -0.478 e. The molecule has 0 aliphatic carbocycles. The van der Waals surface area contributed by atoms with Gasteiger partial charge in [-0.1, -0.05) is 38.3 Å². The first kappa shape index (κ1) is 16.9. The van der Waals surface area contributed by atoms with Crippen molar-refractivity contribution in [2.24, 2.45) is 0 Å². The van der Waals surface area contributed by atoms with Gasteiger partial charge in [0.15, 0.2) is 5.82 Å². The predicted molar refractivity (Wildman–Crippen MR) is 85.5 cm³/mol. The predicted octanol–water partition coefficient (Wildman–Crippen LogP) is 4.83. The molecule has 0 aliphatic rings. The molecule has 23 heavy (non-hydrogen) atoms. The molecule has 5 heteroatoms. The van der Waals surface area contributed by atoms with Crippen LogP contribution in [0.5, 0.6) is 11.6 Å². The Bertz CT molecular complexity index is 656. The average molecular weight is 317 g/mol. The highest BCUT2D eigenvalue weighted by Crippen LogP contribution is 2.23. The van der Waals surface area contributed by atoms with Crippen LogP contribution in [0.1, 0.15) is 48.5 Å². The van der Waals surface area contributed by atoms with Gasteiger partial charge in [-0.15, -0.1) is 0 Å². The normalized spacial score (nSPS) is 10.5. The minimum atomic E-state index is -1.23. The van der Waals surface area contributed by atoms with Gasteiger partial charge in [0, 0.05) is 6.20 Å². The van der Waals surface area contributed by atoms with Gasteiger partial charge in [-0.3, -0.25) is 0 Å². The van der Waals surface area contributed by atoms with E-state index in [2.05, 4.69) is 11.9 Å². The van der Waals surface area contributed by atoms with Crippen LogP contribution in [0, 0.1) is 5.82 Å². The number of carboxylic acid groups (broad SMARTS) is 1. The van der Waals surface area contributed by atoms with Crippen LogP contribution in [-0.4, -0.2) is 16.1 Å². The van der Waals surface area contributed by atoms with Gasteiger partial charge in [0.25, 0.3) is 5.88 Å². The molecule has 0 saturated carbocycles. The highest BCUT2D eigenvalue weighted by atomic mass is 19.1. The zero-order chi connectivity index (χ0) is 16.7. The maximum Gasteiger partial charge on any atom is 0.337 e. The molecule has 0 spiro atoms. The van der Waals surface area contributed by atoms with Gasteiger partial charge in [-0.2, -0.15) is 0 Å². The van der Waals surface area contributed by atoms with E-state index in [1.807, 2.05) is 12.1 Å². The molecule has 0 unspecified atom stereocenters. The van der Waals surface area contributed by atoms with Crippen molar-refractivity contribution in [3.63, 3.8) is 0 Å². The number of hydrogen-bond acceptors (Lipinski definition) is 3. The van der Waals surface area contributed by atoms with Gasteiger partial charge in [0.1, 0.15) is 5.75 Å². The number of ether oxygens (including phenoxy) is 1. The molecule has 0 radical (unpaired) electrons. The molecule has 0 atom stereocenters. The van der Waals surface area contributed by atoms with E-state index in [1.54, 1.807) is 12.1 Å². The zero-order valence-corrected chi connectivity index (χ0v) is 13.1. The van der Waals surface area contributed by atoms with Gasteiger partial charge in [0.05, 0.1) is 5.56 Å². The number of aromatic carboxylic acids is 1. The molecule has 0 aliphatic heterocycles. The van der Waals surface area contributed by atoms with Gasteiger partial charge in [-0.05, 0) is 36.6 Å². The number of benzene rings is 1. The van der Waals surface area contributed by atoms with Crippen molar-refractivity contribution in [3.05, 3.63) is 53.5 Å². The lowest BCUT2D eigenvalue weighted by Crippen LogP contribution is -2.00. The molecule has 0 bridgehead atoms. The number of aryl methyl sites for hydroxylation is 1. The molecular formula is C18H20FNO3.